The molecular weight excluding hydrogens is 234 g/mol. The molecule has 1 aromatic heterocycles. The zero-order valence-corrected chi connectivity index (χ0v) is 11.4. The molecule has 0 aromatic carbocycles. The molecule has 0 atom stereocenters. The van der Waals surface area contributed by atoms with E-state index in [0.717, 1.165) is 29.4 Å². The second kappa shape index (κ2) is 4.72. The summed E-state index contributed by atoms with van der Waals surface area (Å²) in [5, 5.41) is 3.91. The fraction of sp³-hybridized carbons (Fsp3) is 0.667. The van der Waals surface area contributed by atoms with E-state index in [-0.39, 0.29) is 11.4 Å². The van der Waals surface area contributed by atoms with Crippen LogP contribution in [0.5, 0.6) is 0 Å². The van der Waals surface area contributed by atoms with E-state index in [0.29, 0.717) is 5.75 Å². The van der Waals surface area contributed by atoms with Gasteiger partial charge in [-0.05, 0) is 40.0 Å². The van der Waals surface area contributed by atoms with Crippen LogP contribution in [0, 0.1) is 13.8 Å². The van der Waals surface area contributed by atoms with E-state index >= 15 is 0 Å². The molecule has 0 bridgehead atoms. The summed E-state index contributed by atoms with van der Waals surface area (Å²) in [6.07, 6.45) is 3.42. The Morgan fingerprint density at radius 3 is 2.71 bits per heavy atom. The summed E-state index contributed by atoms with van der Waals surface area (Å²) < 4.78 is 0. The maximum Gasteiger partial charge on any atom is 0.230 e. The number of thioether (sulfide) groups is 1. The van der Waals surface area contributed by atoms with E-state index in [1.807, 2.05) is 13.8 Å². The van der Waals surface area contributed by atoms with Crippen LogP contribution in [0.25, 0.3) is 0 Å². The van der Waals surface area contributed by atoms with Gasteiger partial charge in [0.05, 0.1) is 11.4 Å². The zero-order chi connectivity index (χ0) is 12.5. The first kappa shape index (κ1) is 12.5. The van der Waals surface area contributed by atoms with Crippen molar-refractivity contribution in [1.82, 2.24) is 15.3 Å². The molecule has 0 spiro atoms. The summed E-state index contributed by atoms with van der Waals surface area (Å²) in [5.41, 5.74) is 2.12. The monoisotopic (exact) mass is 253 g/mol. The van der Waals surface area contributed by atoms with E-state index < -0.39 is 0 Å². The minimum absolute atomic E-state index is 0.0483. The van der Waals surface area contributed by atoms with Gasteiger partial charge in [0.1, 0.15) is 0 Å². The van der Waals surface area contributed by atoms with E-state index in [9.17, 15) is 4.79 Å². The highest BCUT2D eigenvalue weighted by atomic mass is 32.2. The van der Waals surface area contributed by atoms with Crippen molar-refractivity contribution in [1.29, 1.82) is 0 Å². The van der Waals surface area contributed by atoms with Crippen molar-refractivity contribution in [3.8, 4) is 0 Å². The minimum Gasteiger partial charge on any atom is -0.350 e. The van der Waals surface area contributed by atoms with Gasteiger partial charge in [-0.15, -0.1) is 0 Å². The Kier molecular flexibility index (Phi) is 3.47. The number of nitrogens with zero attached hydrogens (tertiary/aromatic N) is 1. The number of amides is 1. The maximum atomic E-state index is 11.7. The number of aryl methyl sites for hydroxylation is 2. The lowest BCUT2D eigenvalue weighted by molar-refractivity contribution is -0.121. The highest BCUT2D eigenvalue weighted by molar-refractivity contribution is 7.99. The summed E-state index contributed by atoms with van der Waals surface area (Å²) in [7, 11) is 0. The third-order valence-corrected chi connectivity index (χ3v) is 4.22. The first-order chi connectivity index (χ1) is 7.98. The van der Waals surface area contributed by atoms with Crippen molar-refractivity contribution < 1.29 is 4.79 Å². The van der Waals surface area contributed by atoms with Gasteiger partial charge in [-0.25, -0.2) is 4.98 Å². The van der Waals surface area contributed by atoms with Crippen LogP contribution in [0.1, 0.15) is 37.6 Å². The molecule has 1 aliphatic carbocycles. The molecule has 1 saturated carbocycles. The van der Waals surface area contributed by atoms with E-state index in [4.69, 9.17) is 0 Å². The molecule has 1 amide bonds. The molecule has 5 heteroatoms. The van der Waals surface area contributed by atoms with Gasteiger partial charge in [0.15, 0.2) is 5.16 Å². The summed E-state index contributed by atoms with van der Waals surface area (Å²) in [6, 6.07) is 0. The Morgan fingerprint density at radius 1 is 1.53 bits per heavy atom. The summed E-state index contributed by atoms with van der Waals surface area (Å²) in [5.74, 6) is 0.533. The predicted octanol–water partition coefficient (Wildman–Crippen LogP) is 2.18. The van der Waals surface area contributed by atoms with E-state index in [1.165, 1.54) is 18.2 Å². The predicted molar refractivity (Wildman–Crippen MR) is 69.2 cm³/mol. The average Bonchev–Trinajstić information content (AvgIpc) is 2.53. The van der Waals surface area contributed by atoms with Crippen LogP contribution < -0.4 is 5.32 Å². The summed E-state index contributed by atoms with van der Waals surface area (Å²) in [6.45, 7) is 6.06. The first-order valence-corrected chi connectivity index (χ1v) is 6.94. The number of hydrogen-bond donors (Lipinski definition) is 2. The summed E-state index contributed by atoms with van der Waals surface area (Å²) in [4.78, 5) is 19.2. The van der Waals surface area contributed by atoms with Crippen molar-refractivity contribution in [3.63, 3.8) is 0 Å². The lowest BCUT2D eigenvalue weighted by Gasteiger charge is -2.39. The number of carbonyl (C=O) groups is 1. The SMILES string of the molecule is Cc1nc(SCC(=O)NC2(C)CCC2)[nH]c1C. The van der Waals surface area contributed by atoms with Crippen LogP contribution in [-0.4, -0.2) is 27.2 Å². The van der Waals surface area contributed by atoms with Crippen LogP contribution >= 0.6 is 11.8 Å². The quantitative estimate of drug-likeness (QED) is 0.809. The normalized spacial score (nSPS) is 17.6. The van der Waals surface area contributed by atoms with Crippen LogP contribution in [-0.2, 0) is 4.79 Å². The smallest absolute Gasteiger partial charge is 0.230 e. The summed E-state index contributed by atoms with van der Waals surface area (Å²) >= 11 is 1.46. The number of carbonyl (C=O) groups excluding carboxylic acids is 1. The number of aromatic amines is 1. The average molecular weight is 253 g/mol. The molecule has 1 heterocycles. The van der Waals surface area contributed by atoms with Crippen molar-refractivity contribution in [3.05, 3.63) is 11.4 Å². The zero-order valence-electron chi connectivity index (χ0n) is 10.6. The third-order valence-electron chi connectivity index (χ3n) is 3.34. The van der Waals surface area contributed by atoms with Crippen molar-refractivity contribution in [2.45, 2.75) is 50.7 Å². The molecule has 0 unspecified atom stereocenters. The Bertz CT molecular complexity index is 404. The third kappa shape index (κ3) is 3.03. The van der Waals surface area contributed by atoms with Gasteiger partial charge in [-0.2, -0.15) is 0 Å². The van der Waals surface area contributed by atoms with Crippen LogP contribution in [0.15, 0.2) is 5.16 Å². The standard InChI is InChI=1S/C12H19N3OS/c1-8-9(2)14-11(13-8)17-7-10(16)15-12(3)5-4-6-12/h4-7H2,1-3H3,(H,13,14)(H,15,16). The topological polar surface area (TPSA) is 57.8 Å². The fourth-order valence-corrected chi connectivity index (χ4v) is 2.69. The largest absolute Gasteiger partial charge is 0.350 e. The molecule has 1 fully saturated rings. The van der Waals surface area contributed by atoms with Crippen LogP contribution in [0.2, 0.25) is 0 Å². The molecular formula is C12H19N3OS. The second-order valence-electron chi connectivity index (χ2n) is 5.00. The highest BCUT2D eigenvalue weighted by Crippen LogP contribution is 2.31. The van der Waals surface area contributed by atoms with E-state index in [1.54, 1.807) is 0 Å². The van der Waals surface area contributed by atoms with Gasteiger partial charge in [-0.3, -0.25) is 4.79 Å². The fourth-order valence-electron chi connectivity index (χ4n) is 1.92. The molecule has 94 valence electrons. The lowest BCUT2D eigenvalue weighted by atomic mass is 9.78. The highest BCUT2D eigenvalue weighted by Gasteiger charge is 2.32. The lowest BCUT2D eigenvalue weighted by Crippen LogP contribution is -2.51. The van der Waals surface area contributed by atoms with Gasteiger partial charge in [0, 0.05) is 11.2 Å². The van der Waals surface area contributed by atoms with Gasteiger partial charge in [-0.1, -0.05) is 11.8 Å². The number of nitrogens with one attached hydrogen (secondary N) is 2. The molecule has 1 aromatic rings. The van der Waals surface area contributed by atoms with Gasteiger partial charge >= 0.3 is 0 Å². The molecule has 0 aliphatic heterocycles. The first-order valence-electron chi connectivity index (χ1n) is 5.95. The van der Waals surface area contributed by atoms with Crippen molar-refractivity contribution >= 4 is 17.7 Å². The number of H-pyrrole nitrogens is 1. The Morgan fingerprint density at radius 2 is 2.24 bits per heavy atom. The number of rotatable bonds is 4. The van der Waals surface area contributed by atoms with Crippen molar-refractivity contribution in [2.24, 2.45) is 0 Å². The Balaban J connectivity index is 1.79. The Labute approximate surface area is 106 Å². The van der Waals surface area contributed by atoms with Crippen molar-refractivity contribution in [2.75, 3.05) is 5.75 Å². The number of hydrogen-bond acceptors (Lipinski definition) is 3. The molecule has 1 aliphatic rings. The van der Waals surface area contributed by atoms with Crippen LogP contribution in [0.3, 0.4) is 0 Å². The van der Waals surface area contributed by atoms with Gasteiger partial charge < -0.3 is 10.3 Å². The van der Waals surface area contributed by atoms with Gasteiger partial charge in [0.25, 0.3) is 0 Å². The number of aromatic nitrogens is 2. The Hall–Kier alpha value is -0.970. The molecule has 2 N–H and O–H groups in total. The van der Waals surface area contributed by atoms with E-state index in [2.05, 4.69) is 22.2 Å². The van der Waals surface area contributed by atoms with Crippen LogP contribution in [0.4, 0.5) is 0 Å². The maximum absolute atomic E-state index is 11.7. The molecule has 4 nitrogen and oxygen atoms in total. The number of imidazole rings is 1. The molecule has 2 rings (SSSR count). The van der Waals surface area contributed by atoms with Gasteiger partial charge in [0.2, 0.25) is 5.91 Å². The minimum atomic E-state index is 0.0483. The molecule has 0 radical (unpaired) electrons. The molecule has 0 saturated heterocycles. The molecule has 17 heavy (non-hydrogen) atoms. The second-order valence-corrected chi connectivity index (χ2v) is 5.97.